The molecular weight excluding hydrogens is 378 g/mol. The molecule has 3 rings (SSSR count). The molecule has 0 aliphatic carbocycles. The number of anilines is 1. The third-order valence-electron chi connectivity index (χ3n) is 3.97. The number of allylic oxidation sites excluding steroid dienone is 1. The zero-order valence-corrected chi connectivity index (χ0v) is 17.1. The first-order valence-electron chi connectivity index (χ1n) is 8.50. The summed E-state index contributed by atoms with van der Waals surface area (Å²) in [5, 5.41) is 12.5. The van der Waals surface area contributed by atoms with Crippen LogP contribution in [0, 0.1) is 13.8 Å². The summed E-state index contributed by atoms with van der Waals surface area (Å²) in [6.07, 6.45) is 1.80. The zero-order valence-electron chi connectivity index (χ0n) is 15.5. The lowest BCUT2D eigenvalue weighted by Crippen LogP contribution is -2.22. The standard InChI is InChI=1S/C19H21N5OS2/c1-5-11-24-16(15-9-7-6-8-10-15)22-23-19(24)27-14(4)17(25)21-18-20-12(2)13(3)26-18/h5-10,14H,1,11H2,2-4H3,(H,20,21,25). The maximum Gasteiger partial charge on any atom is 0.239 e. The summed E-state index contributed by atoms with van der Waals surface area (Å²) in [4.78, 5) is 18.0. The monoisotopic (exact) mass is 399 g/mol. The number of amides is 1. The summed E-state index contributed by atoms with van der Waals surface area (Å²) in [6, 6.07) is 9.86. The normalized spacial score (nSPS) is 12.0. The Bertz CT molecular complexity index is 929. The number of hydrogen-bond donors (Lipinski definition) is 1. The molecule has 27 heavy (non-hydrogen) atoms. The highest BCUT2D eigenvalue weighted by molar-refractivity contribution is 8.00. The molecule has 1 amide bonds. The van der Waals surface area contributed by atoms with Crippen molar-refractivity contribution in [3.05, 3.63) is 53.6 Å². The first-order valence-corrected chi connectivity index (χ1v) is 10.2. The highest BCUT2D eigenvalue weighted by atomic mass is 32.2. The highest BCUT2D eigenvalue weighted by Gasteiger charge is 2.21. The van der Waals surface area contributed by atoms with Crippen LogP contribution < -0.4 is 5.32 Å². The average Bonchev–Trinajstić information content (AvgIpc) is 3.19. The van der Waals surface area contributed by atoms with E-state index in [1.165, 1.54) is 23.1 Å². The van der Waals surface area contributed by atoms with E-state index in [0.717, 1.165) is 22.0 Å². The minimum Gasteiger partial charge on any atom is -0.301 e. The molecular formula is C19H21N5OS2. The van der Waals surface area contributed by atoms with Gasteiger partial charge in [-0.2, -0.15) is 0 Å². The topological polar surface area (TPSA) is 72.7 Å². The largest absolute Gasteiger partial charge is 0.301 e. The SMILES string of the molecule is C=CCn1c(SC(C)C(=O)Nc2nc(C)c(C)s2)nnc1-c1ccccc1. The molecule has 140 valence electrons. The molecule has 8 heteroatoms. The first kappa shape index (κ1) is 19.3. The lowest BCUT2D eigenvalue weighted by molar-refractivity contribution is -0.115. The highest BCUT2D eigenvalue weighted by Crippen LogP contribution is 2.28. The third-order valence-corrected chi connectivity index (χ3v) is 6.04. The van der Waals surface area contributed by atoms with E-state index < -0.39 is 0 Å². The summed E-state index contributed by atoms with van der Waals surface area (Å²) in [6.45, 7) is 10.2. The maximum atomic E-state index is 12.5. The molecule has 0 saturated carbocycles. The Hall–Kier alpha value is -2.45. The molecule has 6 nitrogen and oxygen atoms in total. The molecule has 3 aromatic rings. The van der Waals surface area contributed by atoms with Crippen LogP contribution in [-0.4, -0.2) is 30.9 Å². The molecule has 1 N–H and O–H groups in total. The molecule has 0 radical (unpaired) electrons. The summed E-state index contributed by atoms with van der Waals surface area (Å²) in [7, 11) is 0. The Kier molecular flexibility index (Phi) is 6.08. The Balaban J connectivity index is 1.77. The molecule has 2 heterocycles. The zero-order chi connectivity index (χ0) is 19.4. The van der Waals surface area contributed by atoms with E-state index in [2.05, 4.69) is 27.1 Å². The van der Waals surface area contributed by atoms with Gasteiger partial charge in [-0.3, -0.25) is 9.36 Å². The number of benzene rings is 1. The van der Waals surface area contributed by atoms with E-state index in [-0.39, 0.29) is 11.2 Å². The van der Waals surface area contributed by atoms with E-state index in [1.54, 1.807) is 6.08 Å². The van der Waals surface area contributed by atoms with Crippen LogP contribution in [0.1, 0.15) is 17.5 Å². The van der Waals surface area contributed by atoms with Crippen molar-refractivity contribution in [2.24, 2.45) is 0 Å². The molecule has 1 unspecified atom stereocenters. The van der Waals surface area contributed by atoms with Gasteiger partial charge >= 0.3 is 0 Å². The molecule has 0 bridgehead atoms. The number of carbonyl (C=O) groups is 1. The Labute approximate surface area is 166 Å². The fourth-order valence-corrected chi connectivity index (χ4v) is 4.09. The summed E-state index contributed by atoms with van der Waals surface area (Å²) in [5.74, 6) is 0.653. The fourth-order valence-electron chi connectivity index (χ4n) is 2.42. The van der Waals surface area contributed by atoms with Gasteiger partial charge in [-0.25, -0.2) is 4.98 Å². The van der Waals surface area contributed by atoms with E-state index in [4.69, 9.17) is 0 Å². The number of thioether (sulfide) groups is 1. The number of nitrogens with zero attached hydrogens (tertiary/aromatic N) is 4. The fraction of sp³-hybridized carbons (Fsp3) is 0.263. The van der Waals surface area contributed by atoms with Gasteiger partial charge in [-0.05, 0) is 20.8 Å². The quantitative estimate of drug-likeness (QED) is 0.473. The van der Waals surface area contributed by atoms with Crippen LogP contribution in [0.15, 0.2) is 48.1 Å². The van der Waals surface area contributed by atoms with Gasteiger partial charge in [0, 0.05) is 17.0 Å². The molecule has 0 aliphatic rings. The number of carbonyl (C=O) groups excluding carboxylic acids is 1. The number of hydrogen-bond acceptors (Lipinski definition) is 6. The Morgan fingerprint density at radius 2 is 2.07 bits per heavy atom. The van der Waals surface area contributed by atoms with E-state index in [9.17, 15) is 4.79 Å². The van der Waals surface area contributed by atoms with Gasteiger partial charge in [0.2, 0.25) is 5.91 Å². The molecule has 2 aromatic heterocycles. The summed E-state index contributed by atoms with van der Waals surface area (Å²) in [5.41, 5.74) is 1.92. The third kappa shape index (κ3) is 4.45. The van der Waals surface area contributed by atoms with Gasteiger partial charge in [0.25, 0.3) is 0 Å². The van der Waals surface area contributed by atoms with Crippen LogP contribution in [0.2, 0.25) is 0 Å². The van der Waals surface area contributed by atoms with Gasteiger partial charge in [-0.15, -0.1) is 28.1 Å². The van der Waals surface area contributed by atoms with Gasteiger partial charge < -0.3 is 5.32 Å². The number of nitrogens with one attached hydrogen (secondary N) is 1. The smallest absolute Gasteiger partial charge is 0.239 e. The van der Waals surface area contributed by atoms with Crippen LogP contribution in [0.25, 0.3) is 11.4 Å². The number of aryl methyl sites for hydroxylation is 2. The van der Waals surface area contributed by atoms with Crippen LogP contribution in [0.3, 0.4) is 0 Å². The van der Waals surface area contributed by atoms with Crippen molar-refractivity contribution in [1.82, 2.24) is 19.7 Å². The summed E-state index contributed by atoms with van der Waals surface area (Å²) >= 11 is 2.85. The van der Waals surface area contributed by atoms with Crippen LogP contribution in [-0.2, 0) is 11.3 Å². The maximum absolute atomic E-state index is 12.5. The molecule has 0 saturated heterocycles. The van der Waals surface area contributed by atoms with Gasteiger partial charge in [0.15, 0.2) is 16.1 Å². The second kappa shape index (κ2) is 8.49. The van der Waals surface area contributed by atoms with Crippen LogP contribution in [0.4, 0.5) is 5.13 Å². The molecule has 0 fully saturated rings. The summed E-state index contributed by atoms with van der Waals surface area (Å²) < 4.78 is 1.97. The van der Waals surface area contributed by atoms with Gasteiger partial charge in [-0.1, -0.05) is 48.2 Å². The predicted octanol–water partition coefficient (Wildman–Crippen LogP) is 4.32. The van der Waals surface area contributed by atoms with E-state index in [0.29, 0.717) is 16.8 Å². The minimum atomic E-state index is -0.342. The number of rotatable bonds is 7. The van der Waals surface area contributed by atoms with Gasteiger partial charge in [0.05, 0.1) is 10.9 Å². The number of aromatic nitrogens is 4. The van der Waals surface area contributed by atoms with E-state index in [1.807, 2.05) is 55.7 Å². The van der Waals surface area contributed by atoms with Crippen molar-refractivity contribution in [3.63, 3.8) is 0 Å². The molecule has 0 spiro atoms. The van der Waals surface area contributed by atoms with Crippen LogP contribution >= 0.6 is 23.1 Å². The van der Waals surface area contributed by atoms with Crippen molar-refractivity contribution in [2.45, 2.75) is 37.7 Å². The second-order valence-electron chi connectivity index (χ2n) is 5.98. The lowest BCUT2D eigenvalue weighted by atomic mass is 10.2. The van der Waals surface area contributed by atoms with E-state index >= 15 is 0 Å². The second-order valence-corrected chi connectivity index (χ2v) is 8.49. The van der Waals surface area contributed by atoms with Crippen molar-refractivity contribution in [3.8, 4) is 11.4 Å². The Morgan fingerprint density at radius 3 is 2.70 bits per heavy atom. The molecule has 1 atom stereocenters. The predicted molar refractivity (Wildman–Crippen MR) is 111 cm³/mol. The molecule has 0 aliphatic heterocycles. The van der Waals surface area contributed by atoms with Crippen molar-refractivity contribution >= 4 is 34.1 Å². The Morgan fingerprint density at radius 1 is 1.33 bits per heavy atom. The first-order chi connectivity index (χ1) is 13.0. The van der Waals surface area contributed by atoms with Gasteiger partial charge in [0.1, 0.15) is 0 Å². The van der Waals surface area contributed by atoms with Crippen molar-refractivity contribution in [1.29, 1.82) is 0 Å². The minimum absolute atomic E-state index is 0.108. The number of thiazole rings is 1. The molecule has 1 aromatic carbocycles. The van der Waals surface area contributed by atoms with Crippen molar-refractivity contribution in [2.75, 3.05) is 5.32 Å². The van der Waals surface area contributed by atoms with Crippen molar-refractivity contribution < 1.29 is 4.79 Å². The average molecular weight is 400 g/mol. The van der Waals surface area contributed by atoms with Crippen LogP contribution in [0.5, 0.6) is 0 Å². The lowest BCUT2D eigenvalue weighted by Gasteiger charge is -2.12.